The number of nitrogens with one attached hydrogen (secondary N) is 1. The van der Waals surface area contributed by atoms with Crippen LogP contribution in [0.4, 0.5) is 0 Å². The SMILES string of the molecule is CC(=O)C1(N2C(=O)C=CC2=O)CNC1. The van der Waals surface area contributed by atoms with Crippen molar-refractivity contribution in [2.45, 2.75) is 12.5 Å². The summed E-state index contributed by atoms with van der Waals surface area (Å²) in [6.07, 6.45) is 2.40. The number of nitrogens with zero attached hydrogens (tertiary/aromatic N) is 1. The number of hydrogen-bond donors (Lipinski definition) is 1. The molecule has 0 aliphatic carbocycles. The number of Topliss-reactive ketones (excluding diaryl/α,β-unsaturated/α-hetero) is 1. The van der Waals surface area contributed by atoms with Crippen molar-refractivity contribution in [1.29, 1.82) is 0 Å². The lowest BCUT2D eigenvalue weighted by Gasteiger charge is -2.45. The Balaban J connectivity index is 2.33. The fourth-order valence-corrected chi connectivity index (χ4v) is 1.75. The summed E-state index contributed by atoms with van der Waals surface area (Å²) in [7, 11) is 0. The van der Waals surface area contributed by atoms with E-state index in [4.69, 9.17) is 0 Å². The van der Waals surface area contributed by atoms with Gasteiger partial charge in [0.25, 0.3) is 11.8 Å². The van der Waals surface area contributed by atoms with Crippen LogP contribution in [0.15, 0.2) is 12.2 Å². The normalized spacial score (nSPS) is 23.9. The molecule has 2 heterocycles. The summed E-state index contributed by atoms with van der Waals surface area (Å²) >= 11 is 0. The standard InChI is InChI=1S/C9H10N2O3/c1-6(12)9(4-10-5-9)11-7(13)2-3-8(11)14/h2-3,10H,4-5H2,1H3. The number of imide groups is 1. The highest BCUT2D eigenvalue weighted by atomic mass is 16.2. The molecule has 5 heteroatoms. The van der Waals surface area contributed by atoms with Crippen molar-refractivity contribution in [1.82, 2.24) is 10.2 Å². The van der Waals surface area contributed by atoms with Crippen LogP contribution >= 0.6 is 0 Å². The van der Waals surface area contributed by atoms with Crippen LogP contribution in [0.5, 0.6) is 0 Å². The largest absolute Gasteiger partial charge is 0.311 e. The maximum atomic E-state index is 11.4. The summed E-state index contributed by atoms with van der Waals surface area (Å²) in [5.74, 6) is -0.944. The van der Waals surface area contributed by atoms with Crippen LogP contribution in [0.3, 0.4) is 0 Å². The minimum Gasteiger partial charge on any atom is -0.311 e. The van der Waals surface area contributed by atoms with E-state index in [-0.39, 0.29) is 5.78 Å². The number of rotatable bonds is 2. The molecule has 1 fully saturated rings. The predicted molar refractivity (Wildman–Crippen MR) is 47.3 cm³/mol. The molecule has 0 spiro atoms. The van der Waals surface area contributed by atoms with Crippen molar-refractivity contribution in [2.24, 2.45) is 0 Å². The van der Waals surface area contributed by atoms with Gasteiger partial charge in [0.15, 0.2) is 5.78 Å². The van der Waals surface area contributed by atoms with Gasteiger partial charge >= 0.3 is 0 Å². The lowest BCUT2D eigenvalue weighted by molar-refractivity contribution is -0.153. The minimum absolute atomic E-state index is 0.151. The molecular formula is C9H10N2O3. The molecule has 0 bridgehead atoms. The molecule has 0 radical (unpaired) electrons. The summed E-state index contributed by atoms with van der Waals surface area (Å²) in [6.45, 7) is 2.13. The predicted octanol–water partition coefficient (Wildman–Crippen LogP) is -1.16. The van der Waals surface area contributed by atoms with E-state index in [2.05, 4.69) is 5.32 Å². The third-order valence-corrected chi connectivity index (χ3v) is 2.73. The quantitative estimate of drug-likeness (QED) is 0.563. The number of amides is 2. The average molecular weight is 194 g/mol. The maximum Gasteiger partial charge on any atom is 0.254 e. The first kappa shape index (κ1) is 9.08. The first-order valence-electron chi connectivity index (χ1n) is 4.36. The van der Waals surface area contributed by atoms with E-state index in [1.807, 2.05) is 0 Å². The van der Waals surface area contributed by atoms with Crippen molar-refractivity contribution in [3.8, 4) is 0 Å². The van der Waals surface area contributed by atoms with Gasteiger partial charge in [0.1, 0.15) is 5.54 Å². The van der Waals surface area contributed by atoms with E-state index in [1.54, 1.807) is 0 Å². The lowest BCUT2D eigenvalue weighted by atomic mass is 9.86. The molecule has 2 aliphatic heterocycles. The van der Waals surface area contributed by atoms with Gasteiger partial charge in [0, 0.05) is 25.2 Å². The highest BCUT2D eigenvalue weighted by Crippen LogP contribution is 2.25. The second-order valence-electron chi connectivity index (χ2n) is 3.54. The zero-order chi connectivity index (χ0) is 10.3. The molecule has 1 N–H and O–H groups in total. The van der Waals surface area contributed by atoms with E-state index >= 15 is 0 Å². The fraction of sp³-hybridized carbons (Fsp3) is 0.444. The van der Waals surface area contributed by atoms with Gasteiger partial charge in [-0.15, -0.1) is 0 Å². The topological polar surface area (TPSA) is 66.5 Å². The Hall–Kier alpha value is -1.49. The smallest absolute Gasteiger partial charge is 0.254 e. The second-order valence-corrected chi connectivity index (χ2v) is 3.54. The molecule has 0 atom stereocenters. The lowest BCUT2D eigenvalue weighted by Crippen LogP contribution is -2.73. The number of hydrogen-bond acceptors (Lipinski definition) is 4. The van der Waals surface area contributed by atoms with Crippen molar-refractivity contribution in [3.63, 3.8) is 0 Å². The highest BCUT2D eigenvalue weighted by molar-refractivity contribution is 6.16. The van der Waals surface area contributed by atoms with Crippen LogP contribution in [-0.2, 0) is 14.4 Å². The molecule has 1 saturated heterocycles. The van der Waals surface area contributed by atoms with Gasteiger partial charge in [-0.25, -0.2) is 0 Å². The first-order valence-corrected chi connectivity index (χ1v) is 4.36. The van der Waals surface area contributed by atoms with Crippen LogP contribution < -0.4 is 5.32 Å². The average Bonchev–Trinajstić information content (AvgIpc) is 2.33. The van der Waals surface area contributed by atoms with Gasteiger partial charge in [-0.2, -0.15) is 0 Å². The zero-order valence-corrected chi connectivity index (χ0v) is 7.74. The molecule has 2 rings (SSSR count). The van der Waals surface area contributed by atoms with E-state index in [9.17, 15) is 14.4 Å². The molecule has 0 aromatic heterocycles. The maximum absolute atomic E-state index is 11.4. The van der Waals surface area contributed by atoms with E-state index < -0.39 is 17.4 Å². The fourth-order valence-electron chi connectivity index (χ4n) is 1.75. The van der Waals surface area contributed by atoms with Gasteiger partial charge in [-0.1, -0.05) is 0 Å². The summed E-state index contributed by atoms with van der Waals surface area (Å²) in [6, 6.07) is 0. The number of carbonyl (C=O) groups is 3. The van der Waals surface area contributed by atoms with E-state index in [0.717, 1.165) is 4.90 Å². The van der Waals surface area contributed by atoms with Gasteiger partial charge < -0.3 is 5.32 Å². The minimum atomic E-state index is -0.933. The summed E-state index contributed by atoms with van der Waals surface area (Å²) in [5, 5.41) is 2.91. The summed E-state index contributed by atoms with van der Waals surface area (Å²) in [4.78, 5) is 35.2. The van der Waals surface area contributed by atoms with Gasteiger partial charge in [-0.3, -0.25) is 19.3 Å². The Morgan fingerprint density at radius 1 is 1.36 bits per heavy atom. The Labute approximate surface area is 80.8 Å². The Kier molecular flexibility index (Phi) is 1.78. The monoisotopic (exact) mass is 194 g/mol. The van der Waals surface area contributed by atoms with Crippen LogP contribution in [0.1, 0.15) is 6.92 Å². The molecule has 2 aliphatic rings. The van der Waals surface area contributed by atoms with Crippen LogP contribution in [0, 0.1) is 0 Å². The number of ketones is 1. The van der Waals surface area contributed by atoms with E-state index in [0.29, 0.717) is 13.1 Å². The zero-order valence-electron chi connectivity index (χ0n) is 7.74. The molecule has 0 aromatic rings. The van der Waals surface area contributed by atoms with Gasteiger partial charge in [0.05, 0.1) is 0 Å². The molecule has 74 valence electrons. The van der Waals surface area contributed by atoms with Crippen molar-refractivity contribution < 1.29 is 14.4 Å². The Bertz CT molecular complexity index is 337. The molecule has 0 saturated carbocycles. The van der Waals surface area contributed by atoms with Crippen molar-refractivity contribution in [2.75, 3.05) is 13.1 Å². The third-order valence-electron chi connectivity index (χ3n) is 2.73. The highest BCUT2D eigenvalue weighted by Gasteiger charge is 2.52. The third kappa shape index (κ3) is 0.957. The van der Waals surface area contributed by atoms with E-state index in [1.165, 1.54) is 19.1 Å². The van der Waals surface area contributed by atoms with Gasteiger partial charge in [-0.05, 0) is 6.92 Å². The van der Waals surface area contributed by atoms with Crippen LogP contribution in [0.25, 0.3) is 0 Å². The van der Waals surface area contributed by atoms with Crippen molar-refractivity contribution in [3.05, 3.63) is 12.2 Å². The van der Waals surface area contributed by atoms with Crippen LogP contribution in [0.2, 0.25) is 0 Å². The molecule has 0 aromatic carbocycles. The first-order chi connectivity index (χ1) is 6.58. The molecule has 2 amide bonds. The molecule has 14 heavy (non-hydrogen) atoms. The summed E-state index contributed by atoms with van der Waals surface area (Å²) in [5.41, 5.74) is -0.933. The Morgan fingerprint density at radius 2 is 1.86 bits per heavy atom. The molecule has 0 unspecified atom stereocenters. The molecule has 5 nitrogen and oxygen atoms in total. The molecular weight excluding hydrogens is 184 g/mol. The summed E-state index contributed by atoms with van der Waals surface area (Å²) < 4.78 is 0. The van der Waals surface area contributed by atoms with Crippen LogP contribution in [-0.4, -0.2) is 41.1 Å². The van der Waals surface area contributed by atoms with Gasteiger partial charge in [0.2, 0.25) is 0 Å². The second kappa shape index (κ2) is 2.75. The Morgan fingerprint density at radius 3 is 2.14 bits per heavy atom. The van der Waals surface area contributed by atoms with Crippen molar-refractivity contribution >= 4 is 17.6 Å². The number of carbonyl (C=O) groups excluding carboxylic acids is 3.